The highest BCUT2D eigenvalue weighted by molar-refractivity contribution is 6.08. The molecule has 0 aromatic heterocycles. The molecular weight excluding hydrogens is 282 g/mol. The van der Waals surface area contributed by atoms with Gasteiger partial charge in [0.05, 0.1) is 18.1 Å². The highest BCUT2D eigenvalue weighted by Gasteiger charge is 2.43. The van der Waals surface area contributed by atoms with E-state index in [0.29, 0.717) is 18.7 Å². The van der Waals surface area contributed by atoms with Crippen molar-refractivity contribution in [3.8, 4) is 0 Å². The fraction of sp³-hybridized carbons (Fsp3) is 0.529. The Morgan fingerprint density at radius 3 is 2.59 bits per heavy atom. The van der Waals surface area contributed by atoms with Gasteiger partial charge in [-0.15, -0.1) is 0 Å². The largest absolute Gasteiger partial charge is 0.465 e. The molecule has 0 bridgehead atoms. The zero-order chi connectivity index (χ0) is 16.3. The summed E-state index contributed by atoms with van der Waals surface area (Å²) in [6.45, 7) is 5.14. The number of fused-ring (bicyclic) bond motifs is 1. The predicted octanol–water partition coefficient (Wildman–Crippen LogP) is 2.52. The van der Waals surface area contributed by atoms with Crippen LogP contribution in [0.2, 0.25) is 0 Å². The van der Waals surface area contributed by atoms with Crippen molar-refractivity contribution in [2.45, 2.75) is 32.1 Å². The van der Waals surface area contributed by atoms with Crippen LogP contribution in [0.4, 0.5) is 5.69 Å². The van der Waals surface area contributed by atoms with E-state index in [1.54, 1.807) is 24.1 Å². The summed E-state index contributed by atoms with van der Waals surface area (Å²) in [5.74, 6) is -0.318. The Balaban J connectivity index is 2.30. The molecule has 5 heteroatoms. The number of unbranched alkanes of at least 4 members (excludes halogenated alkanes) is 1. The summed E-state index contributed by atoms with van der Waals surface area (Å²) in [6.07, 6.45) is 1.75. The number of methoxy groups -OCH3 is 2. The molecule has 1 aromatic rings. The van der Waals surface area contributed by atoms with E-state index in [9.17, 15) is 9.59 Å². The maximum Gasteiger partial charge on any atom is 0.337 e. The molecular formula is C17H23NO4. The highest BCUT2D eigenvalue weighted by atomic mass is 16.5. The first-order chi connectivity index (χ1) is 10.4. The Morgan fingerprint density at radius 1 is 1.23 bits per heavy atom. The van der Waals surface area contributed by atoms with Crippen molar-refractivity contribution >= 4 is 17.6 Å². The number of nitrogens with zero attached hydrogens (tertiary/aromatic N) is 1. The van der Waals surface area contributed by atoms with Crippen LogP contribution in [0.1, 0.15) is 42.6 Å². The zero-order valence-corrected chi connectivity index (χ0v) is 13.6. The smallest absolute Gasteiger partial charge is 0.337 e. The predicted molar refractivity (Wildman–Crippen MR) is 84.3 cm³/mol. The lowest BCUT2D eigenvalue weighted by molar-refractivity contribution is -0.122. The van der Waals surface area contributed by atoms with Crippen LogP contribution in [0.15, 0.2) is 18.2 Å². The Morgan fingerprint density at radius 2 is 1.95 bits per heavy atom. The van der Waals surface area contributed by atoms with Gasteiger partial charge in [-0.1, -0.05) is 6.07 Å². The van der Waals surface area contributed by atoms with Crippen LogP contribution in [0, 0.1) is 0 Å². The number of hydrogen-bond donors (Lipinski definition) is 0. The van der Waals surface area contributed by atoms with Crippen molar-refractivity contribution < 1.29 is 19.1 Å². The monoisotopic (exact) mass is 305 g/mol. The molecule has 1 aliphatic heterocycles. The van der Waals surface area contributed by atoms with Gasteiger partial charge in [0.2, 0.25) is 5.91 Å². The Hall–Kier alpha value is -1.88. The maximum absolute atomic E-state index is 12.7. The summed E-state index contributed by atoms with van der Waals surface area (Å²) in [7, 11) is 3.02. The second kappa shape index (κ2) is 6.48. The molecule has 0 spiro atoms. The molecule has 0 atom stereocenters. The van der Waals surface area contributed by atoms with Crippen LogP contribution in [0.3, 0.4) is 0 Å². The fourth-order valence-corrected chi connectivity index (χ4v) is 2.83. The number of benzene rings is 1. The molecule has 0 saturated heterocycles. The maximum atomic E-state index is 12.7. The minimum Gasteiger partial charge on any atom is -0.465 e. The third-order valence-electron chi connectivity index (χ3n) is 4.14. The molecule has 1 amide bonds. The molecule has 0 fully saturated rings. The van der Waals surface area contributed by atoms with Gasteiger partial charge in [0.25, 0.3) is 0 Å². The van der Waals surface area contributed by atoms with Crippen LogP contribution >= 0.6 is 0 Å². The third kappa shape index (κ3) is 2.86. The van der Waals surface area contributed by atoms with Gasteiger partial charge in [0.1, 0.15) is 0 Å². The molecule has 0 N–H and O–H groups in total. The number of amides is 1. The summed E-state index contributed by atoms with van der Waals surface area (Å²) in [6, 6.07) is 5.33. The van der Waals surface area contributed by atoms with Gasteiger partial charge in [-0.3, -0.25) is 4.79 Å². The van der Waals surface area contributed by atoms with Gasteiger partial charge >= 0.3 is 5.97 Å². The van der Waals surface area contributed by atoms with Crippen molar-refractivity contribution in [3.05, 3.63) is 29.3 Å². The molecule has 120 valence electrons. The minimum absolute atomic E-state index is 0.0712. The van der Waals surface area contributed by atoms with E-state index in [2.05, 4.69) is 0 Å². The normalized spacial score (nSPS) is 15.8. The number of rotatable bonds is 6. The van der Waals surface area contributed by atoms with Gasteiger partial charge in [-0.2, -0.15) is 0 Å². The van der Waals surface area contributed by atoms with Crippen LogP contribution in [0.5, 0.6) is 0 Å². The summed E-state index contributed by atoms with van der Waals surface area (Å²) in [5.41, 5.74) is 1.67. The summed E-state index contributed by atoms with van der Waals surface area (Å²) in [4.78, 5) is 26.2. The second-order valence-electron chi connectivity index (χ2n) is 6.01. The number of anilines is 1. The van der Waals surface area contributed by atoms with Crippen molar-refractivity contribution in [3.63, 3.8) is 0 Å². The SMILES string of the molecule is COCCCCN1C(=O)C(C)(C)c2ccc(C(=O)OC)cc21. The van der Waals surface area contributed by atoms with Gasteiger partial charge in [0.15, 0.2) is 0 Å². The van der Waals surface area contributed by atoms with Crippen molar-refractivity contribution in [2.24, 2.45) is 0 Å². The van der Waals surface area contributed by atoms with Crippen molar-refractivity contribution in [2.75, 3.05) is 32.3 Å². The van der Waals surface area contributed by atoms with E-state index in [0.717, 1.165) is 24.1 Å². The Bertz CT molecular complexity index is 580. The number of ether oxygens (including phenoxy) is 2. The average Bonchev–Trinajstić information content (AvgIpc) is 2.70. The molecule has 5 nitrogen and oxygen atoms in total. The van der Waals surface area contributed by atoms with Crippen molar-refractivity contribution in [1.82, 2.24) is 0 Å². The third-order valence-corrected chi connectivity index (χ3v) is 4.14. The Kier molecular flexibility index (Phi) is 4.86. The molecule has 1 heterocycles. The van der Waals surface area contributed by atoms with E-state index < -0.39 is 5.41 Å². The van der Waals surface area contributed by atoms with Gasteiger partial charge in [-0.25, -0.2) is 4.79 Å². The molecule has 2 rings (SSSR count). The molecule has 0 radical (unpaired) electrons. The lowest BCUT2D eigenvalue weighted by Gasteiger charge is -2.20. The molecule has 0 unspecified atom stereocenters. The number of esters is 1. The van der Waals surface area contributed by atoms with E-state index >= 15 is 0 Å². The topological polar surface area (TPSA) is 55.8 Å². The quantitative estimate of drug-likeness (QED) is 0.598. The minimum atomic E-state index is -0.564. The van der Waals surface area contributed by atoms with Crippen LogP contribution in [-0.4, -0.2) is 39.2 Å². The van der Waals surface area contributed by atoms with Gasteiger partial charge < -0.3 is 14.4 Å². The molecule has 0 aliphatic carbocycles. The van der Waals surface area contributed by atoms with Crippen LogP contribution in [-0.2, 0) is 19.7 Å². The lowest BCUT2D eigenvalue weighted by atomic mass is 9.86. The van der Waals surface area contributed by atoms with Crippen LogP contribution in [0.25, 0.3) is 0 Å². The molecule has 0 saturated carbocycles. The first kappa shape index (κ1) is 16.5. The van der Waals surface area contributed by atoms with Gasteiger partial charge in [0, 0.05) is 25.9 Å². The average molecular weight is 305 g/mol. The summed E-state index contributed by atoms with van der Waals surface area (Å²) < 4.78 is 9.81. The van der Waals surface area contributed by atoms with Crippen LogP contribution < -0.4 is 4.90 Å². The highest BCUT2D eigenvalue weighted by Crippen LogP contribution is 2.42. The molecule has 22 heavy (non-hydrogen) atoms. The first-order valence-corrected chi connectivity index (χ1v) is 7.47. The van der Waals surface area contributed by atoms with Gasteiger partial charge in [-0.05, 0) is 44.4 Å². The summed E-state index contributed by atoms with van der Waals surface area (Å²) in [5, 5.41) is 0. The Labute approximate surface area is 131 Å². The lowest BCUT2D eigenvalue weighted by Crippen LogP contribution is -2.36. The standard InChI is InChI=1S/C17H23NO4/c1-17(2)13-8-7-12(15(19)22-4)11-14(13)18(16(17)20)9-5-6-10-21-3/h7-8,11H,5-6,9-10H2,1-4H3. The first-order valence-electron chi connectivity index (χ1n) is 7.47. The molecule has 1 aromatic carbocycles. The van der Waals surface area contributed by atoms with E-state index in [4.69, 9.17) is 9.47 Å². The number of hydrogen-bond acceptors (Lipinski definition) is 4. The van der Waals surface area contributed by atoms with Crippen molar-refractivity contribution in [1.29, 1.82) is 0 Å². The second-order valence-corrected chi connectivity index (χ2v) is 6.01. The van der Waals surface area contributed by atoms with E-state index in [1.165, 1.54) is 7.11 Å². The molecule has 1 aliphatic rings. The van der Waals surface area contributed by atoms with E-state index in [1.807, 2.05) is 19.9 Å². The zero-order valence-electron chi connectivity index (χ0n) is 13.6. The fourth-order valence-electron chi connectivity index (χ4n) is 2.83. The number of carbonyl (C=O) groups excluding carboxylic acids is 2. The van der Waals surface area contributed by atoms with E-state index in [-0.39, 0.29) is 11.9 Å². The number of carbonyl (C=O) groups is 2. The summed E-state index contributed by atoms with van der Waals surface area (Å²) >= 11 is 0.